The number of nitrogens with two attached hydrogens (primary N) is 1. The van der Waals surface area contributed by atoms with Gasteiger partial charge in [0.05, 0.1) is 0 Å². The fraction of sp³-hybridized carbons (Fsp3) is 0.333. The molecule has 1 aromatic carbocycles. The molecule has 15 heavy (non-hydrogen) atoms. The van der Waals surface area contributed by atoms with E-state index < -0.39 is 0 Å². The van der Waals surface area contributed by atoms with E-state index in [0.29, 0.717) is 6.54 Å². The number of aryl methyl sites for hydroxylation is 2. The van der Waals surface area contributed by atoms with Gasteiger partial charge in [-0.3, -0.25) is 0 Å². The summed E-state index contributed by atoms with van der Waals surface area (Å²) in [5.74, 6) is 0. The quantitative estimate of drug-likeness (QED) is 0.832. The average Bonchev–Trinajstić information content (AvgIpc) is 2.46. The van der Waals surface area contributed by atoms with Crippen molar-refractivity contribution >= 4 is 22.5 Å². The van der Waals surface area contributed by atoms with E-state index in [4.69, 9.17) is 17.3 Å². The standard InChI is InChI=1S/C12H15ClN2/c1-8-4-3-5-10-11(8)9(6-7-14)12(13)15(10)2/h3-5H,6-7,14H2,1-2H3. The average molecular weight is 223 g/mol. The van der Waals surface area contributed by atoms with Crippen molar-refractivity contribution in [3.05, 3.63) is 34.5 Å². The van der Waals surface area contributed by atoms with Crippen molar-refractivity contribution in [2.45, 2.75) is 13.3 Å². The maximum absolute atomic E-state index is 6.29. The lowest BCUT2D eigenvalue weighted by Crippen LogP contribution is -2.03. The third kappa shape index (κ3) is 1.54. The van der Waals surface area contributed by atoms with Crippen LogP contribution in [0.3, 0.4) is 0 Å². The Hall–Kier alpha value is -0.990. The summed E-state index contributed by atoms with van der Waals surface area (Å²) in [5.41, 5.74) is 9.23. The summed E-state index contributed by atoms with van der Waals surface area (Å²) in [6.07, 6.45) is 0.834. The molecule has 0 atom stereocenters. The molecular weight excluding hydrogens is 208 g/mol. The summed E-state index contributed by atoms with van der Waals surface area (Å²) in [6, 6.07) is 6.26. The first-order valence-corrected chi connectivity index (χ1v) is 5.47. The minimum atomic E-state index is 0.632. The summed E-state index contributed by atoms with van der Waals surface area (Å²) in [7, 11) is 1.99. The Bertz CT molecular complexity index is 500. The molecule has 0 bridgehead atoms. The number of halogens is 1. The van der Waals surface area contributed by atoms with Gasteiger partial charge in [0.2, 0.25) is 0 Å². The molecule has 0 aliphatic rings. The van der Waals surface area contributed by atoms with Gasteiger partial charge < -0.3 is 10.3 Å². The lowest BCUT2D eigenvalue weighted by molar-refractivity contribution is 0.930. The summed E-state index contributed by atoms with van der Waals surface area (Å²) >= 11 is 6.29. The lowest BCUT2D eigenvalue weighted by Gasteiger charge is -2.00. The predicted molar refractivity (Wildman–Crippen MR) is 65.4 cm³/mol. The molecule has 2 rings (SSSR count). The van der Waals surface area contributed by atoms with Crippen LogP contribution in [0, 0.1) is 6.92 Å². The number of fused-ring (bicyclic) bond motifs is 1. The van der Waals surface area contributed by atoms with Gasteiger partial charge in [0.15, 0.2) is 0 Å². The largest absolute Gasteiger partial charge is 0.335 e. The number of rotatable bonds is 2. The summed E-state index contributed by atoms with van der Waals surface area (Å²) in [5, 5.41) is 2.07. The molecule has 2 nitrogen and oxygen atoms in total. The second kappa shape index (κ2) is 3.87. The second-order valence-corrected chi connectivity index (χ2v) is 4.19. The molecule has 0 fully saturated rings. The van der Waals surface area contributed by atoms with Gasteiger partial charge in [-0.2, -0.15) is 0 Å². The van der Waals surface area contributed by atoms with Crippen LogP contribution in [0.1, 0.15) is 11.1 Å². The highest BCUT2D eigenvalue weighted by Crippen LogP contribution is 2.31. The third-order valence-electron chi connectivity index (χ3n) is 2.85. The van der Waals surface area contributed by atoms with Crippen molar-refractivity contribution in [2.24, 2.45) is 12.8 Å². The van der Waals surface area contributed by atoms with Gasteiger partial charge in [-0.05, 0) is 37.1 Å². The first-order valence-electron chi connectivity index (χ1n) is 5.09. The van der Waals surface area contributed by atoms with Crippen LogP contribution in [0.15, 0.2) is 18.2 Å². The molecule has 1 aromatic heterocycles. The Morgan fingerprint density at radius 2 is 2.13 bits per heavy atom. The SMILES string of the molecule is Cc1cccc2c1c(CCN)c(Cl)n2C. The van der Waals surface area contributed by atoms with Gasteiger partial charge in [0, 0.05) is 18.0 Å². The molecule has 0 aliphatic heterocycles. The Kier molecular flexibility index (Phi) is 2.72. The van der Waals surface area contributed by atoms with Crippen LogP contribution in [-0.4, -0.2) is 11.1 Å². The molecule has 0 saturated heterocycles. The summed E-state index contributed by atoms with van der Waals surface area (Å²) in [6.45, 7) is 2.74. The minimum Gasteiger partial charge on any atom is -0.335 e. The molecule has 1 heterocycles. The van der Waals surface area contributed by atoms with Crippen molar-refractivity contribution in [3.8, 4) is 0 Å². The van der Waals surface area contributed by atoms with Crippen molar-refractivity contribution in [1.82, 2.24) is 4.57 Å². The van der Waals surface area contributed by atoms with E-state index in [1.807, 2.05) is 11.6 Å². The van der Waals surface area contributed by atoms with Crippen LogP contribution in [0.2, 0.25) is 5.15 Å². The Balaban J connectivity index is 2.82. The highest BCUT2D eigenvalue weighted by atomic mass is 35.5. The van der Waals surface area contributed by atoms with Crippen LogP contribution in [0.25, 0.3) is 10.9 Å². The van der Waals surface area contributed by atoms with Gasteiger partial charge >= 0.3 is 0 Å². The van der Waals surface area contributed by atoms with E-state index in [-0.39, 0.29) is 0 Å². The monoisotopic (exact) mass is 222 g/mol. The first-order chi connectivity index (χ1) is 7.16. The molecule has 0 aliphatic carbocycles. The van der Waals surface area contributed by atoms with Gasteiger partial charge in [0.25, 0.3) is 0 Å². The first kappa shape index (κ1) is 10.5. The predicted octanol–water partition coefficient (Wildman–Crippen LogP) is 2.64. The van der Waals surface area contributed by atoms with E-state index in [1.54, 1.807) is 0 Å². The van der Waals surface area contributed by atoms with E-state index in [1.165, 1.54) is 22.0 Å². The number of hydrogen-bond donors (Lipinski definition) is 1. The van der Waals surface area contributed by atoms with Gasteiger partial charge in [-0.1, -0.05) is 23.7 Å². The van der Waals surface area contributed by atoms with E-state index in [9.17, 15) is 0 Å². The van der Waals surface area contributed by atoms with Crippen LogP contribution in [0.4, 0.5) is 0 Å². The van der Waals surface area contributed by atoms with Crippen LogP contribution in [-0.2, 0) is 13.5 Å². The van der Waals surface area contributed by atoms with Gasteiger partial charge in [0.1, 0.15) is 5.15 Å². The Morgan fingerprint density at radius 3 is 2.80 bits per heavy atom. The topological polar surface area (TPSA) is 30.9 Å². The molecular formula is C12H15ClN2. The smallest absolute Gasteiger partial charge is 0.113 e. The molecule has 0 saturated carbocycles. The van der Waals surface area contributed by atoms with Crippen LogP contribution in [0.5, 0.6) is 0 Å². The number of benzene rings is 1. The zero-order valence-corrected chi connectivity index (χ0v) is 9.80. The number of aromatic nitrogens is 1. The zero-order valence-electron chi connectivity index (χ0n) is 9.05. The molecule has 0 unspecified atom stereocenters. The molecule has 2 N–H and O–H groups in total. The number of hydrogen-bond acceptors (Lipinski definition) is 1. The maximum Gasteiger partial charge on any atom is 0.113 e. The molecule has 0 spiro atoms. The van der Waals surface area contributed by atoms with Crippen molar-refractivity contribution in [3.63, 3.8) is 0 Å². The second-order valence-electron chi connectivity index (χ2n) is 3.84. The van der Waals surface area contributed by atoms with Crippen LogP contribution < -0.4 is 5.73 Å². The minimum absolute atomic E-state index is 0.632. The molecule has 80 valence electrons. The van der Waals surface area contributed by atoms with Gasteiger partial charge in [-0.15, -0.1) is 0 Å². The highest BCUT2D eigenvalue weighted by molar-refractivity contribution is 6.32. The number of nitrogens with zero attached hydrogens (tertiary/aromatic N) is 1. The summed E-state index contributed by atoms with van der Waals surface area (Å²) < 4.78 is 2.02. The van der Waals surface area contributed by atoms with Gasteiger partial charge in [-0.25, -0.2) is 0 Å². The Labute approximate surface area is 94.6 Å². The molecule has 2 aromatic rings. The lowest BCUT2D eigenvalue weighted by atomic mass is 10.1. The van der Waals surface area contributed by atoms with E-state index in [2.05, 4.69) is 25.1 Å². The molecule has 0 radical (unpaired) electrons. The van der Waals surface area contributed by atoms with Crippen molar-refractivity contribution < 1.29 is 0 Å². The third-order valence-corrected chi connectivity index (χ3v) is 3.33. The Morgan fingerprint density at radius 1 is 1.40 bits per heavy atom. The van der Waals surface area contributed by atoms with Crippen molar-refractivity contribution in [1.29, 1.82) is 0 Å². The van der Waals surface area contributed by atoms with Crippen molar-refractivity contribution in [2.75, 3.05) is 6.54 Å². The highest BCUT2D eigenvalue weighted by Gasteiger charge is 2.13. The fourth-order valence-electron chi connectivity index (χ4n) is 2.11. The summed E-state index contributed by atoms with van der Waals surface area (Å²) in [4.78, 5) is 0. The molecule has 0 amide bonds. The van der Waals surface area contributed by atoms with Crippen LogP contribution >= 0.6 is 11.6 Å². The van der Waals surface area contributed by atoms with E-state index >= 15 is 0 Å². The van der Waals surface area contributed by atoms with E-state index in [0.717, 1.165) is 11.6 Å². The maximum atomic E-state index is 6.29. The zero-order chi connectivity index (χ0) is 11.0. The molecule has 3 heteroatoms. The fourth-order valence-corrected chi connectivity index (χ4v) is 2.39. The normalized spacial score (nSPS) is 11.2.